The monoisotopic (exact) mass is 480 g/mol. The molecular weight excluding hydrogens is 464 g/mol. The van der Waals surface area contributed by atoms with E-state index in [2.05, 4.69) is 15.5 Å². The van der Waals surface area contributed by atoms with Gasteiger partial charge in [0, 0.05) is 20.5 Å². The molecule has 0 bridgehead atoms. The Bertz CT molecular complexity index is 1220. The molecule has 160 valence electrons. The van der Waals surface area contributed by atoms with Gasteiger partial charge in [-0.1, -0.05) is 59.4 Å². The maximum absolute atomic E-state index is 13.2. The number of hydrogen-bond acceptors (Lipinski definition) is 7. The lowest BCUT2D eigenvalue weighted by molar-refractivity contribution is -0.115. The van der Waals surface area contributed by atoms with Crippen LogP contribution in [0.2, 0.25) is 5.02 Å². The Morgan fingerprint density at radius 3 is 2.31 bits per heavy atom. The van der Waals surface area contributed by atoms with Crippen LogP contribution in [0.4, 0.5) is 17.1 Å². The van der Waals surface area contributed by atoms with Gasteiger partial charge >= 0.3 is 0 Å². The number of aromatic nitrogens is 2. The van der Waals surface area contributed by atoms with Crippen molar-refractivity contribution in [1.29, 1.82) is 0 Å². The van der Waals surface area contributed by atoms with Gasteiger partial charge in [0.2, 0.25) is 11.8 Å². The van der Waals surface area contributed by atoms with E-state index in [0.29, 0.717) is 22.7 Å². The van der Waals surface area contributed by atoms with Crippen LogP contribution in [0.1, 0.15) is 5.89 Å². The molecule has 9 heteroatoms. The van der Waals surface area contributed by atoms with Crippen LogP contribution in [0, 0.1) is 0 Å². The fourth-order valence-corrected chi connectivity index (χ4v) is 5.09. The molecule has 1 aliphatic rings. The highest BCUT2D eigenvalue weighted by Gasteiger charge is 2.28. The molecule has 0 saturated heterocycles. The lowest BCUT2D eigenvalue weighted by Gasteiger charge is -2.30. The summed E-state index contributed by atoms with van der Waals surface area (Å²) in [4.78, 5) is 17.1. The van der Waals surface area contributed by atoms with Crippen LogP contribution in [0.5, 0.6) is 0 Å². The molecule has 1 amide bonds. The second kappa shape index (κ2) is 9.28. The number of carbonyl (C=O) groups is 1. The number of nitrogens with one attached hydrogen (secondary N) is 1. The average molecular weight is 481 g/mol. The highest BCUT2D eigenvalue weighted by atomic mass is 35.5. The Balaban J connectivity index is 1.25. The summed E-state index contributed by atoms with van der Waals surface area (Å²) in [6.07, 6.45) is 0. The maximum atomic E-state index is 13.2. The zero-order chi connectivity index (χ0) is 21.9. The van der Waals surface area contributed by atoms with Crippen molar-refractivity contribution in [1.82, 2.24) is 10.2 Å². The summed E-state index contributed by atoms with van der Waals surface area (Å²) in [5.74, 6) is 0.578. The number of thioether (sulfide) groups is 1. The van der Waals surface area contributed by atoms with Gasteiger partial charge in [-0.2, -0.15) is 0 Å². The summed E-state index contributed by atoms with van der Waals surface area (Å²) in [7, 11) is 0. The molecule has 5 rings (SSSR count). The first-order chi connectivity index (χ1) is 15.7. The third-order valence-electron chi connectivity index (χ3n) is 4.74. The molecule has 0 fully saturated rings. The van der Waals surface area contributed by atoms with E-state index in [1.807, 2.05) is 60.7 Å². The Labute approximate surface area is 198 Å². The van der Waals surface area contributed by atoms with E-state index in [4.69, 9.17) is 16.0 Å². The van der Waals surface area contributed by atoms with E-state index < -0.39 is 0 Å². The zero-order valence-corrected chi connectivity index (χ0v) is 19.1. The molecule has 0 spiro atoms. The van der Waals surface area contributed by atoms with E-state index in [-0.39, 0.29) is 11.7 Å². The van der Waals surface area contributed by atoms with Crippen molar-refractivity contribution in [3.63, 3.8) is 0 Å². The molecule has 0 aliphatic carbocycles. The lowest BCUT2D eigenvalue weighted by atomic mass is 10.2. The van der Waals surface area contributed by atoms with Crippen molar-refractivity contribution in [2.24, 2.45) is 0 Å². The SMILES string of the molecule is O=C(CSc1nnc(CNc2ccc(Cl)cc2)o1)N1c2ccccc2Sc2ccccc21. The van der Waals surface area contributed by atoms with Crippen molar-refractivity contribution in [3.8, 4) is 0 Å². The van der Waals surface area contributed by atoms with E-state index in [9.17, 15) is 4.79 Å². The number of rotatable bonds is 6. The van der Waals surface area contributed by atoms with Gasteiger partial charge in [-0.3, -0.25) is 9.69 Å². The number of anilines is 3. The van der Waals surface area contributed by atoms with Crippen LogP contribution in [-0.4, -0.2) is 21.9 Å². The fourth-order valence-electron chi connectivity index (χ4n) is 3.27. The first kappa shape index (κ1) is 20.9. The first-order valence-electron chi connectivity index (χ1n) is 9.81. The van der Waals surface area contributed by atoms with Gasteiger partial charge in [0.25, 0.3) is 5.22 Å². The molecule has 0 atom stereocenters. The van der Waals surface area contributed by atoms with Crippen LogP contribution < -0.4 is 10.2 Å². The molecule has 32 heavy (non-hydrogen) atoms. The first-order valence-corrected chi connectivity index (χ1v) is 12.0. The molecule has 0 unspecified atom stereocenters. The Kier molecular flexibility index (Phi) is 6.07. The maximum Gasteiger partial charge on any atom is 0.277 e. The van der Waals surface area contributed by atoms with Crippen LogP contribution in [0.25, 0.3) is 0 Å². The fraction of sp³-hybridized carbons (Fsp3) is 0.0870. The molecule has 2 heterocycles. The van der Waals surface area contributed by atoms with Crippen molar-refractivity contribution < 1.29 is 9.21 Å². The minimum Gasteiger partial charge on any atom is -0.414 e. The Morgan fingerprint density at radius 2 is 1.62 bits per heavy atom. The standard InChI is InChI=1S/C23H17ClN4O2S2/c24-15-9-11-16(12-10-15)25-13-21-26-27-23(30-21)31-14-22(29)28-17-5-1-3-7-19(17)32-20-8-4-2-6-18(20)28/h1-12,25H,13-14H2. The molecule has 1 aromatic heterocycles. The number of carbonyl (C=O) groups excluding carboxylic acids is 1. The third kappa shape index (κ3) is 4.48. The Hall–Kier alpha value is -2.94. The predicted octanol–water partition coefficient (Wildman–Crippen LogP) is 6.26. The van der Waals surface area contributed by atoms with Crippen molar-refractivity contribution in [2.75, 3.05) is 16.0 Å². The minimum atomic E-state index is -0.0470. The van der Waals surface area contributed by atoms with Gasteiger partial charge in [-0.15, -0.1) is 10.2 Å². The summed E-state index contributed by atoms with van der Waals surface area (Å²) >= 11 is 8.80. The molecule has 6 nitrogen and oxygen atoms in total. The van der Waals surface area contributed by atoms with Gasteiger partial charge < -0.3 is 9.73 Å². The zero-order valence-electron chi connectivity index (χ0n) is 16.7. The van der Waals surface area contributed by atoms with E-state index in [1.165, 1.54) is 11.8 Å². The molecule has 4 aromatic rings. The summed E-state index contributed by atoms with van der Waals surface area (Å²) in [6, 6.07) is 23.2. The number of amides is 1. The van der Waals surface area contributed by atoms with E-state index in [0.717, 1.165) is 26.9 Å². The second-order valence-electron chi connectivity index (χ2n) is 6.88. The number of nitrogens with zero attached hydrogens (tertiary/aromatic N) is 3. The van der Waals surface area contributed by atoms with Crippen LogP contribution in [0.3, 0.4) is 0 Å². The molecule has 1 N–H and O–H groups in total. The second-order valence-corrected chi connectivity index (χ2v) is 9.32. The van der Waals surface area contributed by atoms with Gasteiger partial charge in [0.05, 0.1) is 23.7 Å². The van der Waals surface area contributed by atoms with Gasteiger partial charge in [0.15, 0.2) is 0 Å². The van der Waals surface area contributed by atoms with Crippen molar-refractivity contribution in [3.05, 3.63) is 83.7 Å². The number of fused-ring (bicyclic) bond motifs is 2. The molecular formula is C23H17ClN4O2S2. The normalized spacial score (nSPS) is 12.2. The summed E-state index contributed by atoms with van der Waals surface area (Å²) in [5, 5.41) is 12.3. The number of para-hydroxylation sites is 2. The predicted molar refractivity (Wildman–Crippen MR) is 128 cm³/mol. The van der Waals surface area contributed by atoms with E-state index in [1.54, 1.807) is 28.8 Å². The highest BCUT2D eigenvalue weighted by molar-refractivity contribution is 8.00. The van der Waals surface area contributed by atoms with Crippen molar-refractivity contribution >= 4 is 58.1 Å². The quantitative estimate of drug-likeness (QED) is 0.327. The van der Waals surface area contributed by atoms with Crippen molar-refractivity contribution in [2.45, 2.75) is 21.6 Å². The molecule has 0 saturated carbocycles. The molecule has 0 radical (unpaired) electrons. The smallest absolute Gasteiger partial charge is 0.277 e. The largest absolute Gasteiger partial charge is 0.414 e. The Morgan fingerprint density at radius 1 is 0.969 bits per heavy atom. The number of benzene rings is 3. The minimum absolute atomic E-state index is 0.0470. The number of halogens is 1. The van der Waals surface area contributed by atoms with Crippen LogP contribution in [-0.2, 0) is 11.3 Å². The topological polar surface area (TPSA) is 71.3 Å². The highest BCUT2D eigenvalue weighted by Crippen LogP contribution is 2.48. The average Bonchev–Trinajstić information content (AvgIpc) is 3.28. The molecule has 1 aliphatic heterocycles. The van der Waals surface area contributed by atoms with Gasteiger partial charge in [-0.25, -0.2) is 0 Å². The van der Waals surface area contributed by atoms with Crippen LogP contribution >= 0.6 is 35.1 Å². The summed E-state index contributed by atoms with van der Waals surface area (Å²) < 4.78 is 5.68. The number of hydrogen-bond donors (Lipinski definition) is 1. The summed E-state index contributed by atoms with van der Waals surface area (Å²) in [5.41, 5.74) is 2.68. The summed E-state index contributed by atoms with van der Waals surface area (Å²) in [6.45, 7) is 0.382. The van der Waals surface area contributed by atoms with Crippen LogP contribution in [0.15, 0.2) is 92.2 Å². The lowest BCUT2D eigenvalue weighted by Crippen LogP contribution is -2.29. The van der Waals surface area contributed by atoms with E-state index >= 15 is 0 Å². The van der Waals surface area contributed by atoms with Gasteiger partial charge in [-0.05, 0) is 48.5 Å². The van der Waals surface area contributed by atoms with Gasteiger partial charge in [0.1, 0.15) is 0 Å². The third-order valence-corrected chi connectivity index (χ3v) is 6.92. The molecule has 3 aromatic carbocycles.